The lowest BCUT2D eigenvalue weighted by molar-refractivity contribution is -0.130. The van der Waals surface area contributed by atoms with Crippen LogP contribution in [0, 0.1) is 0 Å². The molecule has 0 saturated heterocycles. The Morgan fingerprint density at radius 1 is 1.39 bits per heavy atom. The second-order valence-corrected chi connectivity index (χ2v) is 4.66. The van der Waals surface area contributed by atoms with Gasteiger partial charge >= 0.3 is 5.97 Å². The topological polar surface area (TPSA) is 65.1 Å². The number of H-pyrrole nitrogens is 1. The average molecular weight is 242 g/mol. The number of nitrogens with one attached hydrogen (secondary N) is 2. The van der Waals surface area contributed by atoms with Crippen LogP contribution in [0.15, 0.2) is 30.5 Å². The Bertz CT molecular complexity index is 655. The molecule has 3 rings (SSSR count). The molecular formula is C14H14N2O2. The first-order chi connectivity index (χ1) is 8.66. The summed E-state index contributed by atoms with van der Waals surface area (Å²) >= 11 is 0. The Labute approximate surface area is 104 Å². The number of hydrogen-bond acceptors (Lipinski definition) is 2. The van der Waals surface area contributed by atoms with Gasteiger partial charge in [-0.2, -0.15) is 0 Å². The largest absolute Gasteiger partial charge is 0.478 e. The number of carboxylic acid groups (broad SMARTS) is 1. The predicted octanol–water partition coefficient (Wildman–Crippen LogP) is 2.13. The van der Waals surface area contributed by atoms with Gasteiger partial charge in [0, 0.05) is 23.1 Å². The lowest BCUT2D eigenvalue weighted by Crippen LogP contribution is -2.21. The van der Waals surface area contributed by atoms with Crippen molar-refractivity contribution in [2.24, 2.45) is 0 Å². The minimum Gasteiger partial charge on any atom is -0.478 e. The molecule has 0 saturated carbocycles. The highest BCUT2D eigenvalue weighted by atomic mass is 16.4. The lowest BCUT2D eigenvalue weighted by Gasteiger charge is -2.08. The first kappa shape index (κ1) is 10.9. The molecule has 0 bridgehead atoms. The smallest absolute Gasteiger partial charge is 0.339 e. The summed E-state index contributed by atoms with van der Waals surface area (Å²) in [6, 6.07) is 8.15. The molecule has 3 N–H and O–H groups in total. The van der Waals surface area contributed by atoms with Gasteiger partial charge in [0.15, 0.2) is 0 Å². The molecule has 4 heteroatoms. The van der Waals surface area contributed by atoms with Crippen LogP contribution in [0.1, 0.15) is 18.2 Å². The van der Waals surface area contributed by atoms with Gasteiger partial charge in [-0.25, -0.2) is 4.79 Å². The summed E-state index contributed by atoms with van der Waals surface area (Å²) in [6.45, 7) is 2.05. The van der Waals surface area contributed by atoms with Gasteiger partial charge in [-0.3, -0.25) is 0 Å². The number of para-hydroxylation sites is 1. The molecule has 92 valence electrons. The first-order valence-corrected chi connectivity index (χ1v) is 5.96. The third kappa shape index (κ3) is 1.57. The fourth-order valence-electron chi connectivity index (χ4n) is 2.47. The fourth-order valence-corrected chi connectivity index (χ4v) is 2.47. The van der Waals surface area contributed by atoms with Crippen LogP contribution in [0.4, 0.5) is 0 Å². The lowest BCUT2D eigenvalue weighted by atomic mass is 10.0. The Morgan fingerprint density at radius 2 is 2.17 bits per heavy atom. The quantitative estimate of drug-likeness (QED) is 0.717. The van der Waals surface area contributed by atoms with Crippen LogP contribution < -0.4 is 5.32 Å². The molecule has 2 heterocycles. The van der Waals surface area contributed by atoms with Crippen LogP contribution >= 0.6 is 0 Å². The number of aliphatic carboxylic acids is 1. The van der Waals surface area contributed by atoms with Crippen molar-refractivity contribution >= 4 is 22.4 Å². The normalized spacial score (nSPS) is 18.7. The molecule has 0 spiro atoms. The molecular weight excluding hydrogens is 228 g/mol. The summed E-state index contributed by atoms with van der Waals surface area (Å²) in [5.41, 5.74) is 3.09. The number of aromatic nitrogens is 1. The van der Waals surface area contributed by atoms with Crippen molar-refractivity contribution in [3.63, 3.8) is 0 Å². The van der Waals surface area contributed by atoms with E-state index in [4.69, 9.17) is 0 Å². The van der Waals surface area contributed by atoms with Gasteiger partial charge in [0.05, 0.1) is 11.3 Å². The molecule has 1 unspecified atom stereocenters. The maximum Gasteiger partial charge on any atom is 0.339 e. The van der Waals surface area contributed by atoms with Crippen molar-refractivity contribution < 1.29 is 9.90 Å². The van der Waals surface area contributed by atoms with Gasteiger partial charge < -0.3 is 15.4 Å². The Balaban J connectivity index is 2.30. The molecule has 1 atom stereocenters. The van der Waals surface area contributed by atoms with E-state index in [0.29, 0.717) is 5.57 Å². The number of hydrogen-bond donors (Lipinski definition) is 3. The van der Waals surface area contributed by atoms with Crippen molar-refractivity contribution in [3.05, 3.63) is 41.7 Å². The van der Waals surface area contributed by atoms with Crippen molar-refractivity contribution in [3.8, 4) is 0 Å². The van der Waals surface area contributed by atoms with E-state index >= 15 is 0 Å². The zero-order valence-electron chi connectivity index (χ0n) is 10.0. The van der Waals surface area contributed by atoms with Gasteiger partial charge in [-0.1, -0.05) is 18.2 Å². The van der Waals surface area contributed by atoms with Gasteiger partial charge in [-0.05, 0) is 25.0 Å². The summed E-state index contributed by atoms with van der Waals surface area (Å²) in [5.74, 6) is -0.913. The van der Waals surface area contributed by atoms with Gasteiger partial charge in [0.1, 0.15) is 0 Å². The van der Waals surface area contributed by atoms with Crippen molar-refractivity contribution in [2.75, 3.05) is 0 Å². The Kier molecular flexibility index (Phi) is 2.37. The summed E-state index contributed by atoms with van der Waals surface area (Å²) in [5, 5.41) is 13.5. The van der Waals surface area contributed by atoms with E-state index in [9.17, 15) is 9.90 Å². The molecule has 2 aromatic rings. The molecule has 0 fully saturated rings. The van der Waals surface area contributed by atoms with E-state index in [2.05, 4.69) is 10.3 Å². The zero-order chi connectivity index (χ0) is 12.7. The summed E-state index contributed by atoms with van der Waals surface area (Å²) < 4.78 is 0. The third-order valence-electron chi connectivity index (χ3n) is 3.34. The highest BCUT2D eigenvalue weighted by Crippen LogP contribution is 2.30. The Hall–Kier alpha value is -2.23. The van der Waals surface area contributed by atoms with Crippen LogP contribution in [-0.2, 0) is 11.2 Å². The standard InChI is InChI=1S/C14H14N2O2/c1-8-6-10-9-4-2-3-5-12(9)16-13(10)11(7-15-8)14(17)18/h2-5,7-8,15-16H,6H2,1H3,(H,17,18). The molecule has 18 heavy (non-hydrogen) atoms. The molecule has 1 aliphatic heterocycles. The monoisotopic (exact) mass is 242 g/mol. The third-order valence-corrected chi connectivity index (χ3v) is 3.34. The SMILES string of the molecule is CC1Cc2c([nH]c3ccccc23)C(C(=O)O)=CN1. The predicted molar refractivity (Wildman–Crippen MR) is 70.2 cm³/mol. The molecule has 1 aromatic heterocycles. The van der Waals surface area contributed by atoms with E-state index in [1.165, 1.54) is 0 Å². The van der Waals surface area contributed by atoms with E-state index < -0.39 is 5.97 Å². The number of rotatable bonds is 1. The highest BCUT2D eigenvalue weighted by molar-refractivity contribution is 6.16. The first-order valence-electron chi connectivity index (χ1n) is 5.96. The van der Waals surface area contributed by atoms with Crippen LogP contribution in [0.25, 0.3) is 16.5 Å². The van der Waals surface area contributed by atoms with Crippen LogP contribution in [-0.4, -0.2) is 22.1 Å². The van der Waals surface area contributed by atoms with E-state index in [0.717, 1.165) is 28.6 Å². The maximum atomic E-state index is 11.3. The minimum absolute atomic E-state index is 0.222. The fraction of sp³-hybridized carbons (Fsp3) is 0.214. The van der Waals surface area contributed by atoms with E-state index in [-0.39, 0.29) is 6.04 Å². The van der Waals surface area contributed by atoms with Crippen LogP contribution in [0.2, 0.25) is 0 Å². The number of aromatic amines is 1. The van der Waals surface area contributed by atoms with Crippen LogP contribution in [0.3, 0.4) is 0 Å². The van der Waals surface area contributed by atoms with Gasteiger partial charge in [0.25, 0.3) is 0 Å². The summed E-state index contributed by atoms with van der Waals surface area (Å²) in [6.07, 6.45) is 2.40. The zero-order valence-corrected chi connectivity index (χ0v) is 10.0. The van der Waals surface area contributed by atoms with Crippen molar-refractivity contribution in [1.82, 2.24) is 10.3 Å². The van der Waals surface area contributed by atoms with Gasteiger partial charge in [0.2, 0.25) is 0 Å². The minimum atomic E-state index is -0.913. The van der Waals surface area contributed by atoms with Crippen LogP contribution in [0.5, 0.6) is 0 Å². The second kappa shape index (κ2) is 3.91. The highest BCUT2D eigenvalue weighted by Gasteiger charge is 2.23. The average Bonchev–Trinajstić information content (AvgIpc) is 2.59. The van der Waals surface area contributed by atoms with E-state index in [1.807, 2.05) is 31.2 Å². The number of carbonyl (C=O) groups is 1. The number of carboxylic acids is 1. The molecule has 0 radical (unpaired) electrons. The molecule has 1 aliphatic rings. The second-order valence-electron chi connectivity index (χ2n) is 4.66. The summed E-state index contributed by atoms with van der Waals surface area (Å²) in [4.78, 5) is 14.5. The van der Waals surface area contributed by atoms with E-state index in [1.54, 1.807) is 6.20 Å². The van der Waals surface area contributed by atoms with Crippen molar-refractivity contribution in [2.45, 2.75) is 19.4 Å². The molecule has 1 aromatic carbocycles. The van der Waals surface area contributed by atoms with Crippen molar-refractivity contribution in [1.29, 1.82) is 0 Å². The molecule has 4 nitrogen and oxygen atoms in total. The number of benzene rings is 1. The number of fused-ring (bicyclic) bond motifs is 3. The summed E-state index contributed by atoms with van der Waals surface area (Å²) in [7, 11) is 0. The maximum absolute atomic E-state index is 11.3. The molecule has 0 aliphatic carbocycles. The van der Waals surface area contributed by atoms with Gasteiger partial charge in [-0.15, -0.1) is 0 Å². The Morgan fingerprint density at radius 3 is 2.94 bits per heavy atom. The molecule has 0 amide bonds.